The summed E-state index contributed by atoms with van der Waals surface area (Å²) in [6, 6.07) is -0.595. The van der Waals surface area contributed by atoms with Gasteiger partial charge >= 0.3 is 5.97 Å². The van der Waals surface area contributed by atoms with Crippen molar-refractivity contribution in [1.82, 2.24) is 10.2 Å². The maximum Gasteiger partial charge on any atom is 0.305 e. The number of carboxylic acid groups (broad SMARTS) is 1. The van der Waals surface area contributed by atoms with Gasteiger partial charge in [0, 0.05) is 25.6 Å². The van der Waals surface area contributed by atoms with Crippen molar-refractivity contribution in [3.63, 3.8) is 0 Å². The normalized spacial score (nSPS) is 32.2. The highest BCUT2D eigenvalue weighted by Gasteiger charge is 2.34. The third-order valence-corrected chi connectivity index (χ3v) is 3.18. The van der Waals surface area contributed by atoms with E-state index < -0.39 is 12.0 Å². The molecule has 17 heavy (non-hydrogen) atoms. The van der Waals surface area contributed by atoms with Crippen LogP contribution in [0.1, 0.15) is 6.42 Å². The summed E-state index contributed by atoms with van der Waals surface area (Å²) in [5.41, 5.74) is 0. The van der Waals surface area contributed by atoms with E-state index in [1.807, 2.05) is 24.3 Å². The molecule has 1 aliphatic carbocycles. The summed E-state index contributed by atoms with van der Waals surface area (Å²) in [7, 11) is 1.72. The van der Waals surface area contributed by atoms with Gasteiger partial charge in [0.1, 0.15) is 0 Å². The average molecular weight is 236 g/mol. The maximum absolute atomic E-state index is 12.0. The molecular weight excluding hydrogens is 220 g/mol. The molecule has 0 spiro atoms. The molecule has 92 valence electrons. The standard InChI is InChI=1S/C12H16N2O3/c1-14-7-8-4-2-3-5-9(8)13-10(12(14)17)6-11(15)16/h2-5,8-10,13H,6-7H2,1H3,(H,15,16). The molecule has 1 fully saturated rings. The van der Waals surface area contributed by atoms with Gasteiger partial charge in [-0.2, -0.15) is 0 Å². The summed E-state index contributed by atoms with van der Waals surface area (Å²) in [4.78, 5) is 24.3. The van der Waals surface area contributed by atoms with Crippen molar-refractivity contribution in [2.24, 2.45) is 5.92 Å². The maximum atomic E-state index is 12.0. The number of rotatable bonds is 2. The number of nitrogens with one attached hydrogen (secondary N) is 1. The SMILES string of the molecule is CN1CC2C=CC=CC2NC(CC(=O)O)C1=O. The number of amides is 1. The van der Waals surface area contributed by atoms with Crippen molar-refractivity contribution in [2.45, 2.75) is 18.5 Å². The number of carboxylic acids is 1. The first-order valence-corrected chi connectivity index (χ1v) is 5.65. The van der Waals surface area contributed by atoms with Gasteiger partial charge in [0.25, 0.3) is 0 Å². The van der Waals surface area contributed by atoms with E-state index in [0.717, 1.165) is 0 Å². The van der Waals surface area contributed by atoms with E-state index in [9.17, 15) is 9.59 Å². The molecule has 1 heterocycles. The predicted octanol–water partition coefficient (Wildman–Crippen LogP) is 0.00210. The average Bonchev–Trinajstić information content (AvgIpc) is 2.38. The van der Waals surface area contributed by atoms with Gasteiger partial charge in [0.2, 0.25) is 5.91 Å². The first kappa shape index (κ1) is 11.9. The van der Waals surface area contributed by atoms with Crippen molar-refractivity contribution >= 4 is 11.9 Å². The summed E-state index contributed by atoms with van der Waals surface area (Å²) in [5, 5.41) is 11.9. The summed E-state index contributed by atoms with van der Waals surface area (Å²) >= 11 is 0. The lowest BCUT2D eigenvalue weighted by atomic mass is 9.95. The van der Waals surface area contributed by atoms with E-state index in [1.165, 1.54) is 0 Å². The second kappa shape index (κ2) is 4.71. The summed E-state index contributed by atoms with van der Waals surface area (Å²) in [5.74, 6) is -0.894. The fraction of sp³-hybridized carbons (Fsp3) is 0.500. The summed E-state index contributed by atoms with van der Waals surface area (Å²) < 4.78 is 0. The van der Waals surface area contributed by atoms with Crippen LogP contribution in [0.25, 0.3) is 0 Å². The molecular formula is C12H16N2O3. The Balaban J connectivity index is 2.18. The van der Waals surface area contributed by atoms with Crippen LogP contribution in [-0.4, -0.2) is 47.6 Å². The molecule has 5 nitrogen and oxygen atoms in total. The van der Waals surface area contributed by atoms with Crippen LogP contribution < -0.4 is 5.32 Å². The van der Waals surface area contributed by atoms with Gasteiger partial charge in [-0.15, -0.1) is 0 Å². The summed E-state index contributed by atoms with van der Waals surface area (Å²) in [6.07, 6.45) is 7.72. The van der Waals surface area contributed by atoms with Gasteiger partial charge in [0.15, 0.2) is 0 Å². The van der Waals surface area contributed by atoms with E-state index >= 15 is 0 Å². The van der Waals surface area contributed by atoms with Gasteiger partial charge in [0.05, 0.1) is 12.5 Å². The Bertz CT molecular complexity index is 389. The van der Waals surface area contributed by atoms with Crippen molar-refractivity contribution in [3.8, 4) is 0 Å². The lowest BCUT2D eigenvalue weighted by Gasteiger charge is -2.23. The zero-order valence-electron chi connectivity index (χ0n) is 9.67. The molecule has 0 aromatic heterocycles. The van der Waals surface area contributed by atoms with Crippen LogP contribution >= 0.6 is 0 Å². The number of nitrogens with zero attached hydrogens (tertiary/aromatic N) is 1. The number of fused-ring (bicyclic) bond motifs is 1. The van der Waals surface area contributed by atoms with Crippen molar-refractivity contribution in [2.75, 3.05) is 13.6 Å². The molecule has 0 aromatic rings. The molecule has 2 rings (SSSR count). The van der Waals surface area contributed by atoms with E-state index in [4.69, 9.17) is 5.11 Å². The number of hydrogen-bond acceptors (Lipinski definition) is 3. The fourth-order valence-corrected chi connectivity index (χ4v) is 2.30. The van der Waals surface area contributed by atoms with Crippen LogP contribution in [0.2, 0.25) is 0 Å². The van der Waals surface area contributed by atoms with Gasteiger partial charge < -0.3 is 10.0 Å². The molecule has 1 amide bonds. The van der Waals surface area contributed by atoms with Crippen molar-refractivity contribution < 1.29 is 14.7 Å². The highest BCUT2D eigenvalue weighted by Crippen LogP contribution is 2.19. The predicted molar refractivity (Wildman–Crippen MR) is 62.4 cm³/mol. The van der Waals surface area contributed by atoms with Gasteiger partial charge in [-0.1, -0.05) is 24.3 Å². The lowest BCUT2D eigenvalue weighted by Crippen LogP contribution is -2.46. The second-order valence-electron chi connectivity index (χ2n) is 4.50. The Morgan fingerprint density at radius 1 is 1.53 bits per heavy atom. The van der Waals surface area contributed by atoms with Crippen LogP contribution in [0.15, 0.2) is 24.3 Å². The van der Waals surface area contributed by atoms with E-state index in [2.05, 4.69) is 5.32 Å². The van der Waals surface area contributed by atoms with Crippen LogP contribution in [0, 0.1) is 5.92 Å². The van der Waals surface area contributed by atoms with Crippen molar-refractivity contribution in [1.29, 1.82) is 0 Å². The fourth-order valence-electron chi connectivity index (χ4n) is 2.30. The Hall–Kier alpha value is -1.62. The van der Waals surface area contributed by atoms with E-state index in [1.54, 1.807) is 11.9 Å². The van der Waals surface area contributed by atoms with Crippen LogP contribution in [0.4, 0.5) is 0 Å². The monoisotopic (exact) mass is 236 g/mol. The second-order valence-corrected chi connectivity index (χ2v) is 4.50. The van der Waals surface area contributed by atoms with E-state index in [-0.39, 0.29) is 24.3 Å². The zero-order chi connectivity index (χ0) is 12.4. The number of likely N-dealkylation sites (N-methyl/N-ethyl adjacent to an activating group) is 1. The minimum atomic E-state index is -0.960. The molecule has 2 aliphatic rings. The number of carbonyl (C=O) groups is 2. The largest absolute Gasteiger partial charge is 0.481 e. The van der Waals surface area contributed by atoms with Crippen LogP contribution in [0.3, 0.4) is 0 Å². The molecule has 0 aromatic carbocycles. The molecule has 0 radical (unpaired) electrons. The first-order chi connectivity index (χ1) is 8.08. The molecule has 3 atom stereocenters. The molecule has 1 saturated heterocycles. The highest BCUT2D eigenvalue weighted by atomic mass is 16.4. The summed E-state index contributed by atoms with van der Waals surface area (Å²) in [6.45, 7) is 0.619. The molecule has 0 saturated carbocycles. The Kier molecular flexibility index (Phi) is 3.28. The minimum Gasteiger partial charge on any atom is -0.481 e. The van der Waals surface area contributed by atoms with Crippen LogP contribution in [-0.2, 0) is 9.59 Å². The van der Waals surface area contributed by atoms with E-state index in [0.29, 0.717) is 6.54 Å². The van der Waals surface area contributed by atoms with Gasteiger partial charge in [-0.05, 0) is 0 Å². The zero-order valence-corrected chi connectivity index (χ0v) is 9.67. The molecule has 2 N–H and O–H groups in total. The number of allylic oxidation sites excluding steroid dienone is 2. The topological polar surface area (TPSA) is 69.6 Å². The van der Waals surface area contributed by atoms with Gasteiger partial charge in [-0.25, -0.2) is 0 Å². The number of aliphatic carboxylic acids is 1. The highest BCUT2D eigenvalue weighted by molar-refractivity contribution is 5.86. The smallest absolute Gasteiger partial charge is 0.305 e. The lowest BCUT2D eigenvalue weighted by molar-refractivity contribution is -0.141. The third kappa shape index (κ3) is 2.55. The first-order valence-electron chi connectivity index (χ1n) is 5.65. The minimum absolute atomic E-state index is 0.0400. The molecule has 5 heteroatoms. The van der Waals surface area contributed by atoms with Crippen molar-refractivity contribution in [3.05, 3.63) is 24.3 Å². The molecule has 1 aliphatic heterocycles. The molecule has 0 bridgehead atoms. The quantitative estimate of drug-likeness (QED) is 0.708. The molecule has 3 unspecified atom stereocenters. The number of carbonyl (C=O) groups excluding carboxylic acids is 1. The Labute approximate surface area is 99.8 Å². The Morgan fingerprint density at radius 2 is 2.24 bits per heavy atom. The van der Waals surface area contributed by atoms with Gasteiger partial charge in [-0.3, -0.25) is 14.9 Å². The van der Waals surface area contributed by atoms with Crippen LogP contribution in [0.5, 0.6) is 0 Å². The third-order valence-electron chi connectivity index (χ3n) is 3.18. The Morgan fingerprint density at radius 3 is 2.94 bits per heavy atom. The number of hydrogen-bond donors (Lipinski definition) is 2.